The second-order valence-corrected chi connectivity index (χ2v) is 9.68. The maximum atomic E-state index is 14.3. The standard InChI is InChI=1S/C34H36N2O6/c1-23-11-9-10-14-26(23)22-36(32(37)19-24-12-7-6-8-13-24)33(25-15-18-29(40-3)31(20-25)42-5)34(38)35-28-17-16-27(39-2)21-30(28)41-4/h6-18,20-21,33H,19,22H2,1-5H3,(H,35,38). The van der Waals surface area contributed by atoms with Crippen molar-refractivity contribution in [2.24, 2.45) is 0 Å². The molecule has 8 heteroatoms. The summed E-state index contributed by atoms with van der Waals surface area (Å²) in [5.41, 5.74) is 3.80. The molecule has 0 saturated heterocycles. The van der Waals surface area contributed by atoms with Crippen LogP contribution < -0.4 is 24.3 Å². The summed E-state index contributed by atoms with van der Waals surface area (Å²) >= 11 is 0. The van der Waals surface area contributed by atoms with Gasteiger partial charge in [-0.05, 0) is 53.4 Å². The van der Waals surface area contributed by atoms with Gasteiger partial charge in [-0.25, -0.2) is 0 Å². The summed E-state index contributed by atoms with van der Waals surface area (Å²) in [6, 6.07) is 26.7. The Hall–Kier alpha value is -4.98. The minimum atomic E-state index is -1.02. The summed E-state index contributed by atoms with van der Waals surface area (Å²) in [5.74, 6) is 1.34. The maximum Gasteiger partial charge on any atom is 0.251 e. The van der Waals surface area contributed by atoms with Crippen molar-refractivity contribution in [3.8, 4) is 23.0 Å². The predicted molar refractivity (Wildman–Crippen MR) is 162 cm³/mol. The Morgan fingerprint density at radius 3 is 2.10 bits per heavy atom. The summed E-state index contributed by atoms with van der Waals surface area (Å²) in [6.07, 6.45) is 0.121. The number of amides is 2. The first kappa shape index (κ1) is 30.0. The number of carbonyl (C=O) groups excluding carboxylic acids is 2. The first-order valence-electron chi connectivity index (χ1n) is 13.5. The van der Waals surface area contributed by atoms with Crippen LogP contribution in [0, 0.1) is 6.92 Å². The molecule has 2 amide bonds. The lowest BCUT2D eigenvalue weighted by Crippen LogP contribution is -2.41. The SMILES string of the molecule is COc1ccc(NC(=O)C(c2ccc(OC)c(OC)c2)N(Cc2ccccc2C)C(=O)Cc2ccccc2)c(OC)c1. The fourth-order valence-corrected chi connectivity index (χ4v) is 4.77. The van der Waals surface area contributed by atoms with Crippen molar-refractivity contribution in [2.75, 3.05) is 33.8 Å². The topological polar surface area (TPSA) is 86.3 Å². The lowest BCUT2D eigenvalue weighted by molar-refractivity contribution is -0.139. The second-order valence-electron chi connectivity index (χ2n) is 9.68. The van der Waals surface area contributed by atoms with Crippen molar-refractivity contribution < 1.29 is 28.5 Å². The van der Waals surface area contributed by atoms with Crippen molar-refractivity contribution in [3.63, 3.8) is 0 Å². The summed E-state index contributed by atoms with van der Waals surface area (Å²) < 4.78 is 21.9. The maximum absolute atomic E-state index is 14.3. The fourth-order valence-electron chi connectivity index (χ4n) is 4.77. The quantitative estimate of drug-likeness (QED) is 0.226. The Bertz CT molecular complexity index is 1520. The van der Waals surface area contributed by atoms with Crippen molar-refractivity contribution in [1.82, 2.24) is 4.90 Å². The van der Waals surface area contributed by atoms with E-state index in [9.17, 15) is 9.59 Å². The zero-order chi connectivity index (χ0) is 30.1. The van der Waals surface area contributed by atoms with E-state index in [1.54, 1.807) is 55.5 Å². The number of ether oxygens (including phenoxy) is 4. The molecule has 0 fully saturated rings. The number of benzene rings is 4. The largest absolute Gasteiger partial charge is 0.497 e. The minimum absolute atomic E-state index is 0.121. The highest BCUT2D eigenvalue weighted by Crippen LogP contribution is 2.35. The van der Waals surface area contributed by atoms with Gasteiger partial charge in [-0.3, -0.25) is 9.59 Å². The highest BCUT2D eigenvalue weighted by atomic mass is 16.5. The first-order chi connectivity index (χ1) is 20.4. The van der Waals surface area contributed by atoms with Crippen LogP contribution in [-0.4, -0.2) is 45.2 Å². The summed E-state index contributed by atoms with van der Waals surface area (Å²) in [5, 5.41) is 2.99. The molecule has 0 heterocycles. The van der Waals surface area contributed by atoms with Crippen LogP contribution in [0.15, 0.2) is 91.0 Å². The van der Waals surface area contributed by atoms with Gasteiger partial charge >= 0.3 is 0 Å². The number of methoxy groups -OCH3 is 4. The average Bonchev–Trinajstić information content (AvgIpc) is 3.02. The molecule has 0 aliphatic carbocycles. The van der Waals surface area contributed by atoms with Gasteiger partial charge in [0.25, 0.3) is 5.91 Å². The number of nitrogens with zero attached hydrogens (tertiary/aromatic N) is 1. The van der Waals surface area contributed by atoms with Gasteiger partial charge in [-0.15, -0.1) is 0 Å². The number of anilines is 1. The Morgan fingerprint density at radius 2 is 1.43 bits per heavy atom. The zero-order valence-electron chi connectivity index (χ0n) is 24.5. The molecule has 0 spiro atoms. The Morgan fingerprint density at radius 1 is 0.738 bits per heavy atom. The van der Waals surface area contributed by atoms with Gasteiger partial charge in [0.2, 0.25) is 5.91 Å². The molecule has 4 rings (SSSR count). The van der Waals surface area contributed by atoms with E-state index < -0.39 is 11.9 Å². The number of nitrogens with one attached hydrogen (secondary N) is 1. The van der Waals surface area contributed by atoms with Gasteiger partial charge in [-0.1, -0.05) is 60.7 Å². The van der Waals surface area contributed by atoms with E-state index in [0.29, 0.717) is 34.2 Å². The molecule has 0 aromatic heterocycles. The van der Waals surface area contributed by atoms with Crippen LogP contribution in [0.4, 0.5) is 5.69 Å². The molecule has 1 N–H and O–H groups in total. The fraction of sp³-hybridized carbons (Fsp3) is 0.235. The molecule has 8 nitrogen and oxygen atoms in total. The predicted octanol–water partition coefficient (Wildman–Crippen LogP) is 5.98. The number of hydrogen-bond donors (Lipinski definition) is 1. The van der Waals surface area contributed by atoms with E-state index in [1.165, 1.54) is 14.2 Å². The van der Waals surface area contributed by atoms with Crippen molar-refractivity contribution in [2.45, 2.75) is 25.9 Å². The monoisotopic (exact) mass is 568 g/mol. The average molecular weight is 569 g/mol. The zero-order valence-corrected chi connectivity index (χ0v) is 24.5. The Balaban J connectivity index is 1.83. The van der Waals surface area contributed by atoms with E-state index in [-0.39, 0.29) is 18.9 Å². The van der Waals surface area contributed by atoms with Crippen molar-refractivity contribution >= 4 is 17.5 Å². The van der Waals surface area contributed by atoms with Gasteiger partial charge in [0.15, 0.2) is 11.5 Å². The van der Waals surface area contributed by atoms with Crippen LogP contribution in [0.2, 0.25) is 0 Å². The molecular weight excluding hydrogens is 532 g/mol. The van der Waals surface area contributed by atoms with Gasteiger partial charge in [0, 0.05) is 12.6 Å². The van der Waals surface area contributed by atoms with Crippen LogP contribution in [0.5, 0.6) is 23.0 Å². The molecule has 1 unspecified atom stereocenters. The molecule has 4 aromatic rings. The first-order valence-corrected chi connectivity index (χ1v) is 13.5. The second kappa shape index (κ2) is 14.1. The van der Waals surface area contributed by atoms with Gasteiger partial charge in [0.05, 0.1) is 40.5 Å². The van der Waals surface area contributed by atoms with E-state index in [2.05, 4.69) is 5.32 Å². The third-order valence-electron chi connectivity index (χ3n) is 7.07. The van der Waals surface area contributed by atoms with Crippen LogP contribution in [0.25, 0.3) is 0 Å². The lowest BCUT2D eigenvalue weighted by Gasteiger charge is -2.32. The summed E-state index contributed by atoms with van der Waals surface area (Å²) in [6.45, 7) is 2.20. The van der Waals surface area contributed by atoms with E-state index in [4.69, 9.17) is 18.9 Å². The minimum Gasteiger partial charge on any atom is -0.497 e. The molecule has 4 aromatic carbocycles. The number of carbonyl (C=O) groups is 2. The molecule has 0 saturated carbocycles. The smallest absolute Gasteiger partial charge is 0.251 e. The summed E-state index contributed by atoms with van der Waals surface area (Å²) in [7, 11) is 6.15. The third kappa shape index (κ3) is 7.01. The molecular formula is C34H36N2O6. The van der Waals surface area contributed by atoms with Crippen LogP contribution in [0.3, 0.4) is 0 Å². The van der Waals surface area contributed by atoms with Crippen molar-refractivity contribution in [1.29, 1.82) is 0 Å². The normalized spacial score (nSPS) is 11.3. The molecule has 42 heavy (non-hydrogen) atoms. The van der Waals surface area contributed by atoms with Crippen LogP contribution >= 0.6 is 0 Å². The highest BCUT2D eigenvalue weighted by molar-refractivity contribution is 5.99. The lowest BCUT2D eigenvalue weighted by atomic mass is 9.99. The highest BCUT2D eigenvalue weighted by Gasteiger charge is 2.33. The summed E-state index contributed by atoms with van der Waals surface area (Å²) in [4.78, 5) is 30.0. The van der Waals surface area contributed by atoms with Crippen LogP contribution in [-0.2, 0) is 22.6 Å². The van der Waals surface area contributed by atoms with Crippen molar-refractivity contribution in [3.05, 3.63) is 113 Å². The van der Waals surface area contributed by atoms with E-state index in [0.717, 1.165) is 16.7 Å². The van der Waals surface area contributed by atoms with E-state index >= 15 is 0 Å². The van der Waals surface area contributed by atoms with Crippen LogP contribution in [0.1, 0.15) is 28.3 Å². The number of aryl methyl sites for hydroxylation is 1. The van der Waals surface area contributed by atoms with Gasteiger partial charge < -0.3 is 29.2 Å². The molecule has 0 bridgehead atoms. The molecule has 0 aliphatic rings. The van der Waals surface area contributed by atoms with Gasteiger partial charge in [-0.2, -0.15) is 0 Å². The van der Waals surface area contributed by atoms with E-state index in [1.807, 2.05) is 61.5 Å². The molecule has 218 valence electrons. The molecule has 0 radical (unpaired) electrons. The Labute approximate surface area is 246 Å². The number of hydrogen-bond acceptors (Lipinski definition) is 6. The molecule has 0 aliphatic heterocycles. The Kier molecular flexibility index (Phi) is 10.1. The third-order valence-corrected chi connectivity index (χ3v) is 7.07. The van der Waals surface area contributed by atoms with Gasteiger partial charge in [0.1, 0.15) is 17.5 Å². The number of rotatable bonds is 12. The molecule has 1 atom stereocenters.